The Morgan fingerprint density at radius 3 is 1.85 bits per heavy atom. The summed E-state index contributed by atoms with van der Waals surface area (Å²) in [7, 11) is 0. The van der Waals surface area contributed by atoms with Crippen LogP contribution in [0.2, 0.25) is 0 Å². The number of benzene rings is 6. The molecule has 4 heteroatoms. The lowest BCUT2D eigenvalue weighted by Crippen LogP contribution is -2.36. The minimum Gasteiger partial charge on any atom is -0.457 e. The summed E-state index contributed by atoms with van der Waals surface area (Å²) in [5, 5.41) is 2.41. The minimum absolute atomic E-state index is 0.632. The normalized spacial score (nSPS) is 15.8. The van der Waals surface area contributed by atoms with Crippen LogP contribution in [0.25, 0.3) is 42.6 Å². The van der Waals surface area contributed by atoms with Gasteiger partial charge in [0.2, 0.25) is 0 Å². The van der Waals surface area contributed by atoms with Gasteiger partial charge in [-0.2, -0.15) is 0 Å². The maximum Gasteiger partial charge on any atom is 0.132 e. The number of thiophene rings is 1. The smallest absolute Gasteiger partial charge is 0.132 e. The topological polar surface area (TPSA) is 31.4 Å². The first kappa shape index (κ1) is 25.6. The molecule has 0 bridgehead atoms. The van der Waals surface area contributed by atoms with E-state index in [1.54, 1.807) is 11.3 Å². The van der Waals surface area contributed by atoms with Crippen LogP contribution in [0.4, 0.5) is 0 Å². The molecule has 2 aromatic heterocycles. The van der Waals surface area contributed by atoms with Crippen LogP contribution in [0.15, 0.2) is 152 Å². The van der Waals surface area contributed by atoms with Gasteiger partial charge in [-0.1, -0.05) is 103 Å². The number of aromatic nitrogens is 1. The monoisotopic (exact) mass is 607 g/mol. The number of hydrogen-bond acceptors (Lipinski definition) is 4. The summed E-state index contributed by atoms with van der Waals surface area (Å²) in [5.41, 5.74) is 8.36. The molecule has 0 fully saturated rings. The molecule has 0 aliphatic carbocycles. The van der Waals surface area contributed by atoms with E-state index in [-0.39, 0.29) is 0 Å². The van der Waals surface area contributed by atoms with Gasteiger partial charge in [0.05, 0.1) is 5.41 Å². The van der Waals surface area contributed by atoms with E-state index in [0.29, 0.717) is 0 Å². The quantitative estimate of drug-likeness (QED) is 0.196. The van der Waals surface area contributed by atoms with Crippen molar-refractivity contribution in [1.29, 1.82) is 0 Å². The molecule has 46 heavy (non-hydrogen) atoms. The Morgan fingerprint density at radius 1 is 0.478 bits per heavy atom. The Kier molecular flexibility index (Phi) is 5.37. The molecule has 0 saturated heterocycles. The number of para-hydroxylation sites is 2. The van der Waals surface area contributed by atoms with Crippen LogP contribution in [0.1, 0.15) is 22.3 Å². The average molecular weight is 608 g/mol. The third kappa shape index (κ3) is 3.50. The summed E-state index contributed by atoms with van der Waals surface area (Å²) >= 11 is 1.74. The van der Waals surface area contributed by atoms with Crippen molar-refractivity contribution >= 4 is 31.6 Å². The SMILES string of the molecule is c1ccc(-c2ccc3c(c2)Oc2ccccc2C32c3ccccc3Oc3cc(-c4cccc5sc6ncccc6c45)ccc32)cc1. The zero-order chi connectivity index (χ0) is 30.2. The van der Waals surface area contributed by atoms with Crippen molar-refractivity contribution in [2.75, 3.05) is 0 Å². The van der Waals surface area contributed by atoms with Crippen LogP contribution in [0.5, 0.6) is 23.0 Å². The lowest BCUT2D eigenvalue weighted by molar-refractivity contribution is 0.399. The lowest BCUT2D eigenvalue weighted by Gasteiger charge is -2.45. The number of rotatable bonds is 2. The summed E-state index contributed by atoms with van der Waals surface area (Å²) in [6.45, 7) is 0. The van der Waals surface area contributed by atoms with Gasteiger partial charge >= 0.3 is 0 Å². The third-order valence-electron chi connectivity index (χ3n) is 9.48. The zero-order valence-electron chi connectivity index (χ0n) is 24.6. The number of fused-ring (bicyclic) bond motifs is 11. The molecule has 0 saturated carbocycles. The third-order valence-corrected chi connectivity index (χ3v) is 10.6. The fourth-order valence-corrected chi connectivity index (χ4v) is 8.62. The summed E-state index contributed by atoms with van der Waals surface area (Å²) in [5.74, 6) is 3.41. The van der Waals surface area contributed by atoms with Crippen molar-refractivity contribution in [2.24, 2.45) is 0 Å². The number of hydrogen-bond donors (Lipinski definition) is 0. The maximum atomic E-state index is 6.82. The van der Waals surface area contributed by atoms with Gasteiger partial charge in [-0.15, -0.1) is 11.3 Å². The first-order valence-electron chi connectivity index (χ1n) is 15.4. The van der Waals surface area contributed by atoms with E-state index in [4.69, 9.17) is 9.47 Å². The Labute approximate surface area is 270 Å². The van der Waals surface area contributed by atoms with Gasteiger partial charge in [0.15, 0.2) is 0 Å². The highest BCUT2D eigenvalue weighted by molar-refractivity contribution is 7.25. The summed E-state index contributed by atoms with van der Waals surface area (Å²) < 4.78 is 14.8. The highest BCUT2D eigenvalue weighted by Gasteiger charge is 2.50. The van der Waals surface area contributed by atoms with Gasteiger partial charge in [0, 0.05) is 43.9 Å². The molecule has 0 radical (unpaired) electrons. The second-order valence-electron chi connectivity index (χ2n) is 11.9. The molecule has 6 aromatic carbocycles. The highest BCUT2D eigenvalue weighted by atomic mass is 32.1. The number of nitrogens with zero attached hydrogens (tertiary/aromatic N) is 1. The van der Waals surface area contributed by atoms with Gasteiger partial charge in [0.1, 0.15) is 27.8 Å². The Hall–Kier alpha value is -5.71. The van der Waals surface area contributed by atoms with Gasteiger partial charge in [-0.05, 0) is 64.7 Å². The lowest BCUT2D eigenvalue weighted by atomic mass is 9.62. The van der Waals surface area contributed by atoms with Crippen molar-refractivity contribution in [1.82, 2.24) is 4.98 Å². The fraction of sp³-hybridized carbons (Fsp3) is 0.0238. The molecule has 2 aliphatic rings. The molecular formula is C42H25NO2S. The molecule has 1 atom stereocenters. The fourth-order valence-electron chi connectivity index (χ4n) is 7.55. The van der Waals surface area contributed by atoms with Crippen LogP contribution >= 0.6 is 11.3 Å². The van der Waals surface area contributed by atoms with Gasteiger partial charge in [-0.25, -0.2) is 4.98 Å². The number of pyridine rings is 1. The van der Waals surface area contributed by atoms with E-state index < -0.39 is 5.41 Å². The molecule has 1 spiro atoms. The molecule has 4 heterocycles. The molecule has 10 rings (SSSR count). The van der Waals surface area contributed by atoms with Crippen LogP contribution in [-0.4, -0.2) is 4.98 Å². The second-order valence-corrected chi connectivity index (χ2v) is 12.9. The molecule has 0 amide bonds. The van der Waals surface area contributed by atoms with Crippen molar-refractivity contribution in [3.8, 4) is 45.3 Å². The Balaban J connectivity index is 1.25. The molecule has 216 valence electrons. The molecule has 8 aromatic rings. The van der Waals surface area contributed by atoms with Crippen LogP contribution in [-0.2, 0) is 5.41 Å². The zero-order valence-corrected chi connectivity index (χ0v) is 25.4. The minimum atomic E-state index is -0.632. The molecule has 1 unspecified atom stereocenters. The maximum absolute atomic E-state index is 6.82. The van der Waals surface area contributed by atoms with E-state index >= 15 is 0 Å². The largest absolute Gasteiger partial charge is 0.457 e. The van der Waals surface area contributed by atoms with Crippen molar-refractivity contribution < 1.29 is 9.47 Å². The van der Waals surface area contributed by atoms with E-state index in [1.807, 2.05) is 18.3 Å². The number of ether oxygens (including phenoxy) is 2. The summed E-state index contributed by atoms with van der Waals surface area (Å²) in [4.78, 5) is 5.71. The first-order valence-corrected chi connectivity index (χ1v) is 16.3. The summed E-state index contributed by atoms with van der Waals surface area (Å²) in [6.07, 6.45) is 1.87. The highest BCUT2D eigenvalue weighted by Crippen LogP contribution is 2.62. The second kappa shape index (κ2) is 9.64. The van der Waals surface area contributed by atoms with Gasteiger partial charge in [0.25, 0.3) is 0 Å². The van der Waals surface area contributed by atoms with Crippen molar-refractivity contribution in [3.05, 3.63) is 174 Å². The molecule has 2 aliphatic heterocycles. The molecule has 0 N–H and O–H groups in total. The van der Waals surface area contributed by atoms with Crippen molar-refractivity contribution in [2.45, 2.75) is 5.41 Å². The van der Waals surface area contributed by atoms with Crippen LogP contribution in [0, 0.1) is 0 Å². The molecular weight excluding hydrogens is 583 g/mol. The first-order chi connectivity index (χ1) is 22.8. The van der Waals surface area contributed by atoms with Crippen LogP contribution in [0.3, 0.4) is 0 Å². The van der Waals surface area contributed by atoms with E-state index in [9.17, 15) is 0 Å². The van der Waals surface area contributed by atoms with Gasteiger partial charge < -0.3 is 9.47 Å². The predicted molar refractivity (Wildman–Crippen MR) is 186 cm³/mol. The molecule has 3 nitrogen and oxygen atoms in total. The van der Waals surface area contributed by atoms with Crippen LogP contribution < -0.4 is 9.47 Å². The Bertz CT molecular complexity index is 2490. The summed E-state index contributed by atoms with van der Waals surface area (Å²) in [6, 6.07) is 51.5. The van der Waals surface area contributed by atoms with Gasteiger partial charge in [-0.3, -0.25) is 0 Å². The van der Waals surface area contributed by atoms with E-state index in [2.05, 4.69) is 138 Å². The van der Waals surface area contributed by atoms with Crippen molar-refractivity contribution in [3.63, 3.8) is 0 Å². The predicted octanol–water partition coefficient (Wildman–Crippen LogP) is 11.4. The standard InChI is InChI=1S/C42H25NO2S/c1-2-10-26(11-3-1)27-19-21-33-37(24-27)44-35-16-6-4-14-31(35)42(33)32-15-5-7-17-36(32)45-38-25-28(20-22-34(38)42)29-12-8-18-39-40(29)30-13-9-23-43-41(30)46-39/h1-25H. The van der Waals surface area contributed by atoms with E-state index in [0.717, 1.165) is 66.8 Å². The Morgan fingerprint density at radius 2 is 1.11 bits per heavy atom. The average Bonchev–Trinajstić information content (AvgIpc) is 3.50. The van der Waals surface area contributed by atoms with E-state index in [1.165, 1.54) is 21.0 Å².